The molecular formula is C19H20N4O2S. The summed E-state index contributed by atoms with van der Waals surface area (Å²) >= 11 is 1.44. The maximum absolute atomic E-state index is 12.9. The maximum atomic E-state index is 12.9. The summed E-state index contributed by atoms with van der Waals surface area (Å²) in [5.41, 5.74) is 2.63. The molecule has 26 heavy (non-hydrogen) atoms. The third-order valence-electron chi connectivity index (χ3n) is 4.38. The Hall–Kier alpha value is -2.54. The molecule has 1 saturated heterocycles. The van der Waals surface area contributed by atoms with E-state index in [1.165, 1.54) is 11.3 Å². The van der Waals surface area contributed by atoms with E-state index in [0.717, 1.165) is 41.0 Å². The lowest BCUT2D eigenvalue weighted by atomic mass is 10.1. The van der Waals surface area contributed by atoms with Crippen LogP contribution in [0, 0.1) is 13.8 Å². The first kappa shape index (κ1) is 16.9. The summed E-state index contributed by atoms with van der Waals surface area (Å²) in [5, 5.41) is 0.537. The predicted molar refractivity (Wildman–Crippen MR) is 101 cm³/mol. The first-order valence-electron chi connectivity index (χ1n) is 8.72. The number of carbonyl (C=O) groups excluding carboxylic acids is 1. The molecule has 2 aromatic heterocycles. The van der Waals surface area contributed by atoms with Crippen LogP contribution >= 0.6 is 11.3 Å². The molecule has 0 aliphatic carbocycles. The number of hydrogen-bond acceptors (Lipinski definition) is 6. The molecular weight excluding hydrogens is 348 g/mol. The summed E-state index contributed by atoms with van der Waals surface area (Å²) in [4.78, 5) is 27.8. The van der Waals surface area contributed by atoms with Crippen LogP contribution in [0.2, 0.25) is 0 Å². The van der Waals surface area contributed by atoms with Crippen LogP contribution in [0.25, 0.3) is 10.2 Å². The lowest BCUT2D eigenvalue weighted by Crippen LogP contribution is -2.44. The fourth-order valence-corrected chi connectivity index (χ4v) is 4.15. The number of rotatable bonds is 3. The number of ether oxygens (including phenoxy) is 1. The smallest absolute Gasteiger partial charge is 0.317 e. The Morgan fingerprint density at radius 1 is 1.19 bits per heavy atom. The minimum absolute atomic E-state index is 0.0270. The Balaban J connectivity index is 1.48. The highest BCUT2D eigenvalue weighted by Gasteiger charge is 2.28. The molecule has 6 nitrogen and oxygen atoms in total. The molecule has 1 amide bonds. The van der Waals surface area contributed by atoms with Crippen molar-refractivity contribution in [2.45, 2.75) is 32.8 Å². The molecule has 1 aromatic carbocycles. The summed E-state index contributed by atoms with van der Waals surface area (Å²) in [5.74, 6) is -0.0270. The van der Waals surface area contributed by atoms with Gasteiger partial charge in [0.1, 0.15) is 6.10 Å². The zero-order valence-corrected chi connectivity index (χ0v) is 15.6. The lowest BCUT2D eigenvalue weighted by Gasteiger charge is -2.31. The van der Waals surface area contributed by atoms with Crippen molar-refractivity contribution in [2.24, 2.45) is 0 Å². The maximum Gasteiger partial charge on any atom is 0.317 e. The second-order valence-electron chi connectivity index (χ2n) is 6.55. The first-order chi connectivity index (χ1) is 12.6. The number of nitrogens with zero attached hydrogens (tertiary/aromatic N) is 4. The van der Waals surface area contributed by atoms with Gasteiger partial charge in [-0.2, -0.15) is 0 Å². The molecule has 0 radical (unpaired) electrons. The van der Waals surface area contributed by atoms with E-state index in [2.05, 4.69) is 15.0 Å². The van der Waals surface area contributed by atoms with Gasteiger partial charge in [0.2, 0.25) is 0 Å². The van der Waals surface area contributed by atoms with E-state index in [1.807, 2.05) is 49.1 Å². The minimum Gasteiger partial charge on any atom is -0.458 e. The number of aryl methyl sites for hydroxylation is 2. The van der Waals surface area contributed by atoms with Crippen molar-refractivity contribution in [3.63, 3.8) is 0 Å². The van der Waals surface area contributed by atoms with Crippen molar-refractivity contribution < 1.29 is 9.53 Å². The quantitative estimate of drug-likeness (QED) is 0.709. The van der Waals surface area contributed by atoms with E-state index >= 15 is 0 Å². The third kappa shape index (κ3) is 3.53. The number of amides is 1. The van der Waals surface area contributed by atoms with Gasteiger partial charge in [0.15, 0.2) is 5.01 Å². The number of hydrogen-bond donors (Lipinski definition) is 0. The summed E-state index contributed by atoms with van der Waals surface area (Å²) in [6.07, 6.45) is 1.69. The zero-order valence-electron chi connectivity index (χ0n) is 14.8. The Morgan fingerprint density at radius 2 is 1.96 bits per heavy atom. The number of carbonyl (C=O) groups is 1. The van der Waals surface area contributed by atoms with Crippen LogP contribution in [-0.4, -0.2) is 45.0 Å². The highest BCUT2D eigenvalue weighted by molar-refractivity contribution is 7.20. The summed E-state index contributed by atoms with van der Waals surface area (Å²) < 4.78 is 6.99. The molecule has 1 atom stereocenters. The van der Waals surface area contributed by atoms with Crippen molar-refractivity contribution in [3.8, 4) is 6.01 Å². The predicted octanol–water partition coefficient (Wildman–Crippen LogP) is 3.39. The summed E-state index contributed by atoms with van der Waals surface area (Å²) in [7, 11) is 0. The van der Waals surface area contributed by atoms with Crippen molar-refractivity contribution in [1.29, 1.82) is 0 Å². The van der Waals surface area contributed by atoms with Crippen LogP contribution in [0.15, 0.2) is 30.3 Å². The second kappa shape index (κ2) is 6.99. The number of fused-ring (bicyclic) bond motifs is 1. The van der Waals surface area contributed by atoms with Gasteiger partial charge in [-0.15, -0.1) is 11.3 Å². The fraction of sp³-hybridized carbons (Fsp3) is 0.368. The Bertz CT molecular complexity index is 902. The molecule has 3 aromatic rings. The van der Waals surface area contributed by atoms with E-state index in [1.54, 1.807) is 0 Å². The SMILES string of the molecule is Cc1cc(C)nc(OC2CCCN(C(=O)c3nc4ccccc4s3)C2)n1. The number of thiazole rings is 1. The van der Waals surface area contributed by atoms with E-state index in [4.69, 9.17) is 4.74 Å². The van der Waals surface area contributed by atoms with E-state index in [-0.39, 0.29) is 12.0 Å². The van der Waals surface area contributed by atoms with Crippen molar-refractivity contribution in [1.82, 2.24) is 19.9 Å². The highest BCUT2D eigenvalue weighted by atomic mass is 32.1. The first-order valence-corrected chi connectivity index (χ1v) is 9.54. The van der Waals surface area contributed by atoms with Gasteiger partial charge in [0.05, 0.1) is 16.8 Å². The molecule has 1 fully saturated rings. The molecule has 0 spiro atoms. The number of aromatic nitrogens is 3. The van der Waals surface area contributed by atoms with Gasteiger partial charge in [0.25, 0.3) is 5.91 Å². The van der Waals surface area contributed by atoms with Crippen molar-refractivity contribution in [2.75, 3.05) is 13.1 Å². The van der Waals surface area contributed by atoms with Gasteiger partial charge in [-0.3, -0.25) is 4.79 Å². The number of benzene rings is 1. The molecule has 1 aliphatic heterocycles. The molecule has 134 valence electrons. The number of piperidine rings is 1. The molecule has 0 saturated carbocycles. The highest BCUT2D eigenvalue weighted by Crippen LogP contribution is 2.24. The third-order valence-corrected chi connectivity index (χ3v) is 5.40. The van der Waals surface area contributed by atoms with Crippen molar-refractivity contribution >= 4 is 27.5 Å². The molecule has 7 heteroatoms. The Kier molecular flexibility index (Phi) is 4.55. The Labute approximate surface area is 155 Å². The molecule has 0 N–H and O–H groups in total. The number of likely N-dealkylation sites (tertiary alicyclic amines) is 1. The van der Waals surface area contributed by atoms with Crippen LogP contribution in [-0.2, 0) is 0 Å². The zero-order chi connectivity index (χ0) is 18.1. The van der Waals surface area contributed by atoms with Gasteiger partial charge in [0, 0.05) is 17.9 Å². The van der Waals surface area contributed by atoms with Gasteiger partial charge >= 0.3 is 6.01 Å². The van der Waals surface area contributed by atoms with Crippen molar-refractivity contribution in [3.05, 3.63) is 46.7 Å². The number of para-hydroxylation sites is 1. The largest absolute Gasteiger partial charge is 0.458 e. The van der Waals surface area contributed by atoms with Crippen LogP contribution in [0.3, 0.4) is 0 Å². The van der Waals surface area contributed by atoms with Crippen LogP contribution < -0.4 is 4.74 Å². The molecule has 1 aliphatic rings. The van der Waals surface area contributed by atoms with E-state index in [0.29, 0.717) is 17.6 Å². The van der Waals surface area contributed by atoms with Gasteiger partial charge < -0.3 is 9.64 Å². The lowest BCUT2D eigenvalue weighted by molar-refractivity contribution is 0.0515. The van der Waals surface area contributed by atoms with Crippen LogP contribution in [0.4, 0.5) is 0 Å². The molecule has 4 rings (SSSR count). The van der Waals surface area contributed by atoms with Crippen LogP contribution in [0.5, 0.6) is 6.01 Å². The standard InChI is InChI=1S/C19H20N4O2S/c1-12-10-13(2)21-19(20-12)25-14-6-5-9-23(11-14)18(24)17-22-15-7-3-4-8-16(15)26-17/h3-4,7-8,10,14H,5-6,9,11H2,1-2H3. The average molecular weight is 368 g/mol. The second-order valence-corrected chi connectivity index (χ2v) is 7.58. The van der Waals surface area contributed by atoms with Crippen LogP contribution in [0.1, 0.15) is 34.0 Å². The normalized spacial score (nSPS) is 17.5. The summed E-state index contributed by atoms with van der Waals surface area (Å²) in [6.45, 7) is 5.10. The molecule has 1 unspecified atom stereocenters. The van der Waals surface area contributed by atoms with Gasteiger partial charge in [-0.05, 0) is 44.9 Å². The molecule has 0 bridgehead atoms. The average Bonchev–Trinajstić information content (AvgIpc) is 3.04. The van der Waals surface area contributed by atoms with E-state index in [9.17, 15) is 4.79 Å². The summed E-state index contributed by atoms with van der Waals surface area (Å²) in [6, 6.07) is 10.1. The molecule has 3 heterocycles. The van der Waals surface area contributed by atoms with E-state index < -0.39 is 0 Å². The minimum atomic E-state index is -0.0942. The van der Waals surface area contributed by atoms with Gasteiger partial charge in [-0.1, -0.05) is 12.1 Å². The topological polar surface area (TPSA) is 68.2 Å². The fourth-order valence-electron chi connectivity index (χ4n) is 3.21. The monoisotopic (exact) mass is 368 g/mol. The Morgan fingerprint density at radius 3 is 2.73 bits per heavy atom. The van der Waals surface area contributed by atoms with Gasteiger partial charge in [-0.25, -0.2) is 15.0 Å².